The second kappa shape index (κ2) is 9.79. The van der Waals surface area contributed by atoms with E-state index in [4.69, 9.17) is 14.2 Å². The Balaban J connectivity index is 2.18. The zero-order valence-electron chi connectivity index (χ0n) is 22.4. The van der Waals surface area contributed by atoms with Gasteiger partial charge in [0.15, 0.2) is 5.79 Å². The number of ether oxygens (including phenoxy) is 3. The second-order valence-electron chi connectivity index (χ2n) is 12.6. The van der Waals surface area contributed by atoms with Gasteiger partial charge in [-0.3, -0.25) is 4.79 Å². The predicted molar refractivity (Wildman–Crippen MR) is 135 cm³/mol. The summed E-state index contributed by atoms with van der Waals surface area (Å²) in [6.45, 7) is 22.1. The van der Waals surface area contributed by atoms with E-state index < -0.39 is 11.4 Å². The first kappa shape index (κ1) is 28.0. The largest absolute Gasteiger partial charge is 0.507 e. The molecular weight excluding hydrogens is 436 g/mol. The quantitative estimate of drug-likeness (QED) is 0.373. The van der Waals surface area contributed by atoms with Crippen LogP contribution in [0.25, 0.3) is 0 Å². The van der Waals surface area contributed by atoms with E-state index in [9.17, 15) is 9.90 Å². The van der Waals surface area contributed by atoms with Crippen LogP contribution in [0.5, 0.6) is 5.75 Å². The zero-order chi connectivity index (χ0) is 25.4. The van der Waals surface area contributed by atoms with Crippen molar-refractivity contribution in [2.75, 3.05) is 5.75 Å². The number of hydrogen-bond acceptors (Lipinski definition) is 6. The number of benzene rings is 1. The minimum Gasteiger partial charge on any atom is -0.507 e. The van der Waals surface area contributed by atoms with Crippen molar-refractivity contribution in [2.24, 2.45) is 0 Å². The maximum Gasteiger partial charge on any atom is 0.308 e. The topological polar surface area (TPSA) is 65.0 Å². The maximum absolute atomic E-state index is 12.3. The smallest absolute Gasteiger partial charge is 0.308 e. The molecule has 1 aromatic carbocycles. The summed E-state index contributed by atoms with van der Waals surface area (Å²) in [5.41, 5.74) is 1.05. The van der Waals surface area contributed by atoms with Crippen molar-refractivity contribution in [3.8, 4) is 5.75 Å². The summed E-state index contributed by atoms with van der Waals surface area (Å²) in [7, 11) is 0. The molecule has 1 fully saturated rings. The average molecular weight is 481 g/mol. The van der Waals surface area contributed by atoms with Gasteiger partial charge in [-0.1, -0.05) is 41.5 Å². The van der Waals surface area contributed by atoms with Crippen LogP contribution in [0.15, 0.2) is 17.0 Å². The van der Waals surface area contributed by atoms with Gasteiger partial charge in [0.05, 0.1) is 18.6 Å². The van der Waals surface area contributed by atoms with Crippen LogP contribution in [-0.4, -0.2) is 40.4 Å². The van der Waals surface area contributed by atoms with Gasteiger partial charge in [-0.25, -0.2) is 0 Å². The van der Waals surface area contributed by atoms with E-state index in [1.54, 1.807) is 11.8 Å². The van der Waals surface area contributed by atoms with Crippen LogP contribution in [-0.2, 0) is 29.8 Å². The monoisotopic (exact) mass is 480 g/mol. The summed E-state index contributed by atoms with van der Waals surface area (Å²) < 4.78 is 17.7. The van der Waals surface area contributed by atoms with Gasteiger partial charge >= 0.3 is 5.97 Å². The summed E-state index contributed by atoms with van der Waals surface area (Å²) >= 11 is 1.72. The number of aromatic hydroxyl groups is 1. The Morgan fingerprint density at radius 1 is 1.00 bits per heavy atom. The Labute approximate surface area is 205 Å². The highest BCUT2D eigenvalue weighted by Crippen LogP contribution is 2.42. The van der Waals surface area contributed by atoms with Crippen molar-refractivity contribution >= 4 is 17.7 Å². The average Bonchev–Trinajstić information content (AvgIpc) is 2.55. The highest BCUT2D eigenvalue weighted by atomic mass is 32.2. The molecule has 0 unspecified atom stereocenters. The standard InChI is InChI=1S/C27H44O5S/c1-24(2,3)20-14-19(15-21(23(20)29)25(4,5)6)33-16-18-12-17(30-27(10,11)31-18)13-22(28)32-26(7,8)9/h14-15,17-18,29H,12-13,16H2,1-11H3/t17-,18+/m1/s1. The third kappa shape index (κ3) is 8.48. The number of esters is 1. The molecule has 0 radical (unpaired) electrons. The molecule has 0 saturated carbocycles. The first-order valence-corrected chi connectivity index (χ1v) is 12.8. The molecule has 0 amide bonds. The lowest BCUT2D eigenvalue weighted by Crippen LogP contribution is -2.46. The highest BCUT2D eigenvalue weighted by Gasteiger charge is 2.37. The number of carbonyl (C=O) groups excluding carboxylic acids is 1. The Hall–Kier alpha value is -1.24. The summed E-state index contributed by atoms with van der Waals surface area (Å²) in [5, 5.41) is 11.0. The summed E-state index contributed by atoms with van der Waals surface area (Å²) in [4.78, 5) is 13.5. The lowest BCUT2D eigenvalue weighted by molar-refractivity contribution is -0.295. The van der Waals surface area contributed by atoms with Gasteiger partial charge in [-0.05, 0) is 57.6 Å². The van der Waals surface area contributed by atoms with Gasteiger partial charge in [0.25, 0.3) is 0 Å². The summed E-state index contributed by atoms with van der Waals surface area (Å²) in [5.74, 6) is 0.105. The molecule has 33 heavy (non-hydrogen) atoms. The van der Waals surface area contributed by atoms with Crippen LogP contribution in [0.2, 0.25) is 0 Å². The van der Waals surface area contributed by atoms with E-state index in [2.05, 4.69) is 53.7 Å². The Morgan fingerprint density at radius 2 is 1.48 bits per heavy atom. The SMILES string of the molecule is CC(C)(C)OC(=O)C[C@H]1C[C@@H](CSc2cc(C(C)(C)C)c(O)c(C(C)(C)C)c2)OC(C)(C)O1. The maximum atomic E-state index is 12.3. The first-order chi connectivity index (χ1) is 14.8. The van der Waals surface area contributed by atoms with E-state index in [-0.39, 0.29) is 35.4 Å². The first-order valence-electron chi connectivity index (χ1n) is 11.8. The van der Waals surface area contributed by atoms with Crippen molar-refractivity contribution in [1.29, 1.82) is 0 Å². The zero-order valence-corrected chi connectivity index (χ0v) is 23.2. The van der Waals surface area contributed by atoms with Gasteiger partial charge in [0.2, 0.25) is 0 Å². The number of thioether (sulfide) groups is 1. The molecule has 0 aliphatic carbocycles. The number of phenols is 1. The van der Waals surface area contributed by atoms with Crippen LogP contribution >= 0.6 is 11.8 Å². The molecule has 188 valence electrons. The van der Waals surface area contributed by atoms with Crippen molar-refractivity contribution in [3.63, 3.8) is 0 Å². The van der Waals surface area contributed by atoms with E-state index >= 15 is 0 Å². The molecule has 1 aliphatic rings. The Kier molecular flexibility index (Phi) is 8.30. The van der Waals surface area contributed by atoms with E-state index in [1.807, 2.05) is 34.6 Å². The van der Waals surface area contributed by atoms with Crippen LogP contribution in [0.4, 0.5) is 0 Å². The number of phenolic OH excluding ortho intramolecular Hbond substituents is 1. The van der Waals surface area contributed by atoms with Crippen LogP contribution < -0.4 is 0 Å². The third-order valence-corrected chi connectivity index (χ3v) is 6.48. The van der Waals surface area contributed by atoms with Gasteiger partial charge in [-0.15, -0.1) is 11.8 Å². The number of rotatable bonds is 5. The van der Waals surface area contributed by atoms with Gasteiger partial charge in [0, 0.05) is 28.2 Å². The fraction of sp³-hybridized carbons (Fsp3) is 0.741. The molecule has 1 aliphatic heterocycles. The Morgan fingerprint density at radius 3 is 1.94 bits per heavy atom. The van der Waals surface area contributed by atoms with Crippen molar-refractivity contribution in [1.82, 2.24) is 0 Å². The predicted octanol–water partition coefficient (Wildman–Crippen LogP) is 6.72. The van der Waals surface area contributed by atoms with E-state index in [1.165, 1.54) is 0 Å². The van der Waals surface area contributed by atoms with Crippen LogP contribution in [0.3, 0.4) is 0 Å². The molecule has 0 spiro atoms. The molecule has 1 saturated heterocycles. The minimum absolute atomic E-state index is 0.0591. The van der Waals surface area contributed by atoms with Gasteiger partial charge in [0.1, 0.15) is 11.4 Å². The molecule has 1 N–H and O–H groups in total. The van der Waals surface area contributed by atoms with Crippen molar-refractivity contribution < 1.29 is 24.1 Å². The van der Waals surface area contributed by atoms with E-state index in [0.29, 0.717) is 12.2 Å². The Bertz CT molecular complexity index is 805. The summed E-state index contributed by atoms with van der Waals surface area (Å²) in [6, 6.07) is 4.19. The van der Waals surface area contributed by atoms with E-state index in [0.717, 1.165) is 21.8 Å². The fourth-order valence-electron chi connectivity index (χ4n) is 4.04. The molecule has 6 heteroatoms. The fourth-order valence-corrected chi connectivity index (χ4v) is 5.02. The lowest BCUT2D eigenvalue weighted by Gasteiger charge is -2.40. The van der Waals surface area contributed by atoms with Crippen molar-refractivity contribution in [2.45, 2.75) is 128 Å². The number of hydrogen-bond donors (Lipinski definition) is 1. The van der Waals surface area contributed by atoms with Crippen molar-refractivity contribution in [3.05, 3.63) is 23.3 Å². The minimum atomic E-state index is -0.766. The van der Waals surface area contributed by atoms with Crippen LogP contribution in [0.1, 0.15) is 100 Å². The van der Waals surface area contributed by atoms with Crippen LogP contribution in [0, 0.1) is 0 Å². The molecule has 0 bridgehead atoms. The summed E-state index contributed by atoms with van der Waals surface area (Å²) in [6.07, 6.45) is 0.541. The third-order valence-electron chi connectivity index (χ3n) is 5.38. The number of carbonyl (C=O) groups is 1. The molecule has 0 aromatic heterocycles. The molecule has 5 nitrogen and oxygen atoms in total. The highest BCUT2D eigenvalue weighted by molar-refractivity contribution is 7.99. The van der Waals surface area contributed by atoms with Gasteiger partial charge in [-0.2, -0.15) is 0 Å². The molecule has 2 rings (SSSR count). The molecule has 1 aromatic rings. The molecule has 1 heterocycles. The molecule has 2 atom stereocenters. The molecular formula is C27H44O5S. The van der Waals surface area contributed by atoms with Gasteiger partial charge < -0.3 is 19.3 Å². The lowest BCUT2D eigenvalue weighted by atomic mass is 9.79. The second-order valence-corrected chi connectivity index (χ2v) is 13.7. The normalized spacial score (nSPS) is 21.7.